The summed E-state index contributed by atoms with van der Waals surface area (Å²) < 4.78 is 12.9. The van der Waals surface area contributed by atoms with Crippen LogP contribution in [0.3, 0.4) is 0 Å². The second-order valence-corrected chi connectivity index (χ2v) is 5.41. The molecule has 0 fully saturated rings. The first-order valence-electron chi connectivity index (χ1n) is 7.91. The van der Waals surface area contributed by atoms with Crippen LogP contribution in [0.4, 0.5) is 4.39 Å². The summed E-state index contributed by atoms with van der Waals surface area (Å²) in [5, 5.41) is 0. The molecular formula is C16H31FO. The van der Waals surface area contributed by atoms with Gasteiger partial charge in [-0.25, -0.2) is 0 Å². The van der Waals surface area contributed by atoms with Gasteiger partial charge < -0.3 is 0 Å². The largest absolute Gasteiger partial charge is 0.304 e. The zero-order valence-corrected chi connectivity index (χ0v) is 12.3. The third-order valence-corrected chi connectivity index (χ3v) is 3.63. The van der Waals surface area contributed by atoms with E-state index in [1.165, 1.54) is 38.5 Å². The quantitative estimate of drug-likeness (QED) is 0.300. The summed E-state index contributed by atoms with van der Waals surface area (Å²) in [4.78, 5) is 10.9. The third-order valence-electron chi connectivity index (χ3n) is 3.63. The molecule has 2 heteroatoms. The van der Waals surface area contributed by atoms with Gasteiger partial charge in [-0.15, -0.1) is 0 Å². The topological polar surface area (TPSA) is 17.1 Å². The highest BCUT2D eigenvalue weighted by molar-refractivity contribution is 5.70. The van der Waals surface area contributed by atoms with Crippen molar-refractivity contribution in [2.45, 2.75) is 90.9 Å². The Morgan fingerprint density at radius 3 is 1.61 bits per heavy atom. The second kappa shape index (κ2) is 13.0. The zero-order chi connectivity index (χ0) is 13.6. The summed E-state index contributed by atoms with van der Waals surface area (Å²) in [6.07, 6.45) is 13.3. The molecule has 0 aliphatic heterocycles. The predicted molar refractivity (Wildman–Crippen MR) is 76.4 cm³/mol. The van der Waals surface area contributed by atoms with Gasteiger partial charge in [0.15, 0.2) is 0 Å². The van der Waals surface area contributed by atoms with Gasteiger partial charge in [-0.3, -0.25) is 4.79 Å². The number of hydrogen-bond acceptors (Lipinski definition) is 1. The molecular weight excluding hydrogens is 227 g/mol. The first-order valence-corrected chi connectivity index (χ1v) is 7.91. The predicted octanol–water partition coefficient (Wildman–Crippen LogP) is 5.82. The van der Waals surface area contributed by atoms with Crippen LogP contribution in [-0.2, 0) is 4.79 Å². The van der Waals surface area contributed by atoms with Crippen LogP contribution in [0.5, 0.6) is 0 Å². The van der Waals surface area contributed by atoms with Crippen molar-refractivity contribution >= 4 is 6.04 Å². The lowest BCUT2D eigenvalue weighted by Crippen LogP contribution is -2.09. The van der Waals surface area contributed by atoms with E-state index in [-0.39, 0.29) is 5.92 Å². The van der Waals surface area contributed by atoms with E-state index >= 15 is 0 Å². The van der Waals surface area contributed by atoms with E-state index in [1.807, 2.05) is 0 Å². The van der Waals surface area contributed by atoms with Crippen molar-refractivity contribution in [3.8, 4) is 0 Å². The molecule has 108 valence electrons. The van der Waals surface area contributed by atoms with Gasteiger partial charge in [0.2, 0.25) is 0 Å². The van der Waals surface area contributed by atoms with Crippen LogP contribution in [0.1, 0.15) is 90.9 Å². The molecule has 0 amide bonds. The monoisotopic (exact) mass is 258 g/mol. The summed E-state index contributed by atoms with van der Waals surface area (Å²) in [7, 11) is 0. The number of halogens is 1. The molecule has 0 aromatic carbocycles. The molecule has 0 aromatic heterocycles. The Morgan fingerprint density at radius 1 is 0.778 bits per heavy atom. The van der Waals surface area contributed by atoms with Crippen LogP contribution in [0.15, 0.2) is 0 Å². The maximum Gasteiger partial charge on any atom is 0.304 e. The number of unbranched alkanes of at least 4 members (excludes halogenated alkanes) is 8. The molecule has 18 heavy (non-hydrogen) atoms. The molecule has 1 atom stereocenters. The molecule has 0 saturated carbocycles. The standard InChI is InChI=1S/C16H31FO/c1-3-5-7-9-10-12-14-15(16(17)18)13-11-8-6-4-2/h15H,3-14H2,1-2H3. The summed E-state index contributed by atoms with van der Waals surface area (Å²) in [5.41, 5.74) is 0. The van der Waals surface area contributed by atoms with E-state index in [0.717, 1.165) is 38.5 Å². The number of carbonyl (C=O) groups is 1. The van der Waals surface area contributed by atoms with Crippen molar-refractivity contribution in [3.63, 3.8) is 0 Å². The first kappa shape index (κ1) is 17.6. The van der Waals surface area contributed by atoms with Gasteiger partial charge in [0.1, 0.15) is 0 Å². The van der Waals surface area contributed by atoms with Gasteiger partial charge in [0.05, 0.1) is 0 Å². The van der Waals surface area contributed by atoms with E-state index < -0.39 is 6.04 Å². The van der Waals surface area contributed by atoms with Crippen LogP contribution in [-0.4, -0.2) is 6.04 Å². The van der Waals surface area contributed by atoms with Crippen LogP contribution in [0, 0.1) is 5.92 Å². The van der Waals surface area contributed by atoms with Crippen molar-refractivity contribution in [3.05, 3.63) is 0 Å². The van der Waals surface area contributed by atoms with E-state index in [2.05, 4.69) is 13.8 Å². The highest BCUT2D eigenvalue weighted by Crippen LogP contribution is 2.20. The summed E-state index contributed by atoms with van der Waals surface area (Å²) in [6.45, 7) is 4.36. The van der Waals surface area contributed by atoms with Gasteiger partial charge in [-0.05, 0) is 12.8 Å². The van der Waals surface area contributed by atoms with Gasteiger partial charge in [0, 0.05) is 5.92 Å². The molecule has 0 heterocycles. The normalized spacial score (nSPS) is 12.6. The van der Waals surface area contributed by atoms with Crippen LogP contribution in [0.2, 0.25) is 0 Å². The molecule has 0 aromatic rings. The van der Waals surface area contributed by atoms with Gasteiger partial charge >= 0.3 is 6.04 Å². The van der Waals surface area contributed by atoms with Crippen LogP contribution in [0.25, 0.3) is 0 Å². The average Bonchev–Trinajstić information content (AvgIpc) is 2.35. The highest BCUT2D eigenvalue weighted by atomic mass is 19.1. The highest BCUT2D eigenvalue weighted by Gasteiger charge is 2.16. The fourth-order valence-corrected chi connectivity index (χ4v) is 2.36. The molecule has 0 aliphatic carbocycles. The Balaban J connectivity index is 3.54. The Kier molecular flexibility index (Phi) is 12.8. The summed E-state index contributed by atoms with van der Waals surface area (Å²) in [6, 6.07) is -1.08. The number of rotatable bonds is 13. The molecule has 0 rings (SSSR count). The minimum Gasteiger partial charge on any atom is -0.261 e. The molecule has 0 radical (unpaired) electrons. The van der Waals surface area contributed by atoms with Crippen LogP contribution < -0.4 is 0 Å². The Hall–Kier alpha value is -0.400. The molecule has 0 aliphatic rings. The fourth-order valence-electron chi connectivity index (χ4n) is 2.36. The van der Waals surface area contributed by atoms with Gasteiger partial charge in [-0.1, -0.05) is 78.1 Å². The molecule has 1 nitrogen and oxygen atoms in total. The Bertz CT molecular complexity index is 192. The van der Waals surface area contributed by atoms with Crippen molar-refractivity contribution < 1.29 is 9.18 Å². The Labute approximate surface area is 113 Å². The smallest absolute Gasteiger partial charge is 0.261 e. The minimum atomic E-state index is -1.08. The van der Waals surface area contributed by atoms with Crippen molar-refractivity contribution in [2.75, 3.05) is 0 Å². The van der Waals surface area contributed by atoms with Crippen molar-refractivity contribution in [1.82, 2.24) is 0 Å². The fraction of sp³-hybridized carbons (Fsp3) is 0.938. The number of hydrogen-bond donors (Lipinski definition) is 0. The average molecular weight is 258 g/mol. The lowest BCUT2D eigenvalue weighted by atomic mass is 9.95. The van der Waals surface area contributed by atoms with E-state index in [1.54, 1.807) is 0 Å². The SMILES string of the molecule is CCCCCCCCC(CCCCCC)C(=O)F. The molecule has 0 saturated heterocycles. The maximum atomic E-state index is 12.9. The van der Waals surface area contributed by atoms with E-state index in [0.29, 0.717) is 0 Å². The molecule has 0 spiro atoms. The Morgan fingerprint density at radius 2 is 1.17 bits per heavy atom. The lowest BCUT2D eigenvalue weighted by molar-refractivity contribution is -0.134. The minimum absolute atomic E-state index is 0.312. The zero-order valence-electron chi connectivity index (χ0n) is 12.3. The molecule has 0 bridgehead atoms. The summed E-state index contributed by atoms with van der Waals surface area (Å²) in [5.74, 6) is -0.312. The van der Waals surface area contributed by atoms with Crippen LogP contribution >= 0.6 is 0 Å². The maximum absolute atomic E-state index is 12.9. The van der Waals surface area contributed by atoms with E-state index in [4.69, 9.17) is 0 Å². The molecule has 0 N–H and O–H groups in total. The van der Waals surface area contributed by atoms with Crippen molar-refractivity contribution in [1.29, 1.82) is 0 Å². The molecule has 1 unspecified atom stereocenters. The van der Waals surface area contributed by atoms with E-state index in [9.17, 15) is 9.18 Å². The van der Waals surface area contributed by atoms with Crippen molar-refractivity contribution in [2.24, 2.45) is 5.92 Å². The van der Waals surface area contributed by atoms with Gasteiger partial charge in [-0.2, -0.15) is 4.39 Å². The third kappa shape index (κ3) is 10.7. The van der Waals surface area contributed by atoms with Gasteiger partial charge in [0.25, 0.3) is 0 Å². The lowest BCUT2D eigenvalue weighted by Gasteiger charge is -2.11. The first-order chi connectivity index (χ1) is 8.72. The second-order valence-electron chi connectivity index (χ2n) is 5.41. The number of carbonyl (C=O) groups excluding carboxylic acids is 1. The summed E-state index contributed by atoms with van der Waals surface area (Å²) >= 11 is 0.